The molecule has 0 fully saturated rings. The van der Waals surface area contributed by atoms with Crippen molar-refractivity contribution in [2.24, 2.45) is 0 Å². The molecule has 0 bridgehead atoms. The van der Waals surface area contributed by atoms with Crippen molar-refractivity contribution in [1.82, 2.24) is 4.90 Å². The zero-order chi connectivity index (χ0) is 12.1. The van der Waals surface area contributed by atoms with E-state index in [1.165, 1.54) is 0 Å². The summed E-state index contributed by atoms with van der Waals surface area (Å²) in [6.45, 7) is 7.19. The van der Waals surface area contributed by atoms with Gasteiger partial charge in [-0.1, -0.05) is 13.8 Å². The molecule has 1 aromatic rings. The van der Waals surface area contributed by atoms with Crippen LogP contribution in [0.5, 0.6) is 5.75 Å². The third kappa shape index (κ3) is 3.12. The Morgan fingerprint density at radius 3 is 2.44 bits per heavy atom. The van der Waals surface area contributed by atoms with Crippen LogP contribution in [0, 0.1) is 0 Å². The lowest BCUT2D eigenvalue weighted by Gasteiger charge is -2.20. The Labute approximate surface area is 106 Å². The van der Waals surface area contributed by atoms with Gasteiger partial charge in [0.05, 0.1) is 12.8 Å². The fourth-order valence-corrected chi connectivity index (χ4v) is 2.06. The first-order valence-electron chi connectivity index (χ1n) is 5.46. The molecule has 0 aliphatic heterocycles. The minimum Gasteiger partial charge on any atom is -0.497 e. The maximum atomic E-state index is 6.03. The molecular formula is C12H19BrN2O. The highest BCUT2D eigenvalue weighted by Gasteiger charge is 2.09. The van der Waals surface area contributed by atoms with Crippen molar-refractivity contribution >= 4 is 21.6 Å². The van der Waals surface area contributed by atoms with Gasteiger partial charge in [-0.25, -0.2) is 0 Å². The van der Waals surface area contributed by atoms with Crippen molar-refractivity contribution in [3.8, 4) is 5.75 Å². The maximum absolute atomic E-state index is 6.03. The van der Waals surface area contributed by atoms with E-state index in [1.807, 2.05) is 12.1 Å². The molecule has 90 valence electrons. The van der Waals surface area contributed by atoms with Crippen LogP contribution in [-0.4, -0.2) is 25.1 Å². The summed E-state index contributed by atoms with van der Waals surface area (Å²) in [5.74, 6) is 0.836. The van der Waals surface area contributed by atoms with Gasteiger partial charge in [0.15, 0.2) is 0 Å². The minimum atomic E-state index is 0.799. The molecule has 0 unspecified atom stereocenters. The van der Waals surface area contributed by atoms with E-state index in [1.54, 1.807) is 7.11 Å². The lowest BCUT2D eigenvalue weighted by Crippen LogP contribution is -2.22. The molecule has 3 nitrogen and oxygen atoms in total. The molecule has 1 aromatic carbocycles. The first-order chi connectivity index (χ1) is 7.62. The Hall–Kier alpha value is -0.740. The number of methoxy groups -OCH3 is 1. The number of ether oxygens (including phenoxy) is 1. The molecule has 16 heavy (non-hydrogen) atoms. The van der Waals surface area contributed by atoms with E-state index in [9.17, 15) is 0 Å². The Kier molecular flexibility index (Phi) is 5.09. The first-order valence-corrected chi connectivity index (χ1v) is 6.25. The summed E-state index contributed by atoms with van der Waals surface area (Å²) < 4.78 is 6.13. The lowest BCUT2D eigenvalue weighted by molar-refractivity contribution is 0.295. The van der Waals surface area contributed by atoms with Crippen LogP contribution in [0.4, 0.5) is 5.69 Å². The van der Waals surface area contributed by atoms with E-state index in [-0.39, 0.29) is 0 Å². The monoisotopic (exact) mass is 286 g/mol. The van der Waals surface area contributed by atoms with E-state index >= 15 is 0 Å². The van der Waals surface area contributed by atoms with Gasteiger partial charge in [-0.05, 0) is 46.7 Å². The number of hydrogen-bond donors (Lipinski definition) is 1. The predicted octanol–water partition coefficient (Wildman–Crippen LogP) is 2.88. The van der Waals surface area contributed by atoms with E-state index in [4.69, 9.17) is 10.5 Å². The van der Waals surface area contributed by atoms with Gasteiger partial charge >= 0.3 is 0 Å². The van der Waals surface area contributed by atoms with Crippen LogP contribution in [0.3, 0.4) is 0 Å². The highest BCUT2D eigenvalue weighted by molar-refractivity contribution is 9.10. The van der Waals surface area contributed by atoms with Gasteiger partial charge in [0, 0.05) is 11.0 Å². The Morgan fingerprint density at radius 1 is 1.31 bits per heavy atom. The van der Waals surface area contributed by atoms with Crippen LogP contribution < -0.4 is 10.5 Å². The molecule has 0 radical (unpaired) electrons. The molecule has 0 aliphatic carbocycles. The molecule has 0 saturated carbocycles. The number of benzene rings is 1. The summed E-state index contributed by atoms with van der Waals surface area (Å²) in [4.78, 5) is 2.32. The SMILES string of the molecule is CCN(CC)Cc1cc(OC)cc(Br)c1N. The predicted molar refractivity (Wildman–Crippen MR) is 71.7 cm³/mol. The highest BCUT2D eigenvalue weighted by Crippen LogP contribution is 2.29. The number of anilines is 1. The molecule has 0 heterocycles. The van der Waals surface area contributed by atoms with Gasteiger partial charge < -0.3 is 10.5 Å². The molecule has 0 spiro atoms. The van der Waals surface area contributed by atoms with Gasteiger partial charge in [-0.15, -0.1) is 0 Å². The molecule has 0 amide bonds. The Balaban J connectivity index is 2.97. The number of hydrogen-bond acceptors (Lipinski definition) is 3. The summed E-state index contributed by atoms with van der Waals surface area (Å²) >= 11 is 3.45. The van der Waals surface area contributed by atoms with Gasteiger partial charge in [0.2, 0.25) is 0 Å². The first kappa shape index (κ1) is 13.3. The van der Waals surface area contributed by atoms with Gasteiger partial charge in [0.25, 0.3) is 0 Å². The summed E-state index contributed by atoms with van der Waals surface area (Å²) in [6, 6.07) is 3.89. The second kappa shape index (κ2) is 6.11. The molecular weight excluding hydrogens is 268 g/mol. The van der Waals surface area contributed by atoms with E-state index in [0.29, 0.717) is 0 Å². The number of halogens is 1. The smallest absolute Gasteiger partial charge is 0.120 e. The van der Waals surface area contributed by atoms with E-state index in [2.05, 4.69) is 34.7 Å². The fourth-order valence-electron chi connectivity index (χ4n) is 1.58. The summed E-state index contributed by atoms with van der Waals surface area (Å²) in [5, 5.41) is 0. The van der Waals surface area contributed by atoms with Crippen LogP contribution >= 0.6 is 15.9 Å². The van der Waals surface area contributed by atoms with Crippen molar-refractivity contribution in [3.05, 3.63) is 22.2 Å². The molecule has 0 aromatic heterocycles. The third-order valence-corrected chi connectivity index (χ3v) is 3.37. The average Bonchev–Trinajstić information content (AvgIpc) is 2.30. The van der Waals surface area contributed by atoms with Crippen LogP contribution in [0.1, 0.15) is 19.4 Å². The zero-order valence-electron chi connectivity index (χ0n) is 10.1. The van der Waals surface area contributed by atoms with Gasteiger partial charge in [-0.2, -0.15) is 0 Å². The quantitative estimate of drug-likeness (QED) is 0.846. The van der Waals surface area contributed by atoms with Crippen LogP contribution in [-0.2, 0) is 6.54 Å². The topological polar surface area (TPSA) is 38.5 Å². The van der Waals surface area contributed by atoms with E-state index < -0.39 is 0 Å². The highest BCUT2D eigenvalue weighted by atomic mass is 79.9. The van der Waals surface area contributed by atoms with Crippen molar-refractivity contribution < 1.29 is 4.74 Å². The zero-order valence-corrected chi connectivity index (χ0v) is 11.7. The number of rotatable bonds is 5. The number of nitrogens with zero attached hydrogens (tertiary/aromatic N) is 1. The van der Waals surface area contributed by atoms with Gasteiger partial charge in [-0.3, -0.25) is 4.90 Å². The second-order valence-corrected chi connectivity index (χ2v) is 4.50. The normalized spacial score (nSPS) is 10.8. The third-order valence-electron chi connectivity index (χ3n) is 2.71. The molecule has 1 rings (SSSR count). The average molecular weight is 287 g/mol. The fraction of sp³-hybridized carbons (Fsp3) is 0.500. The standard InChI is InChI=1S/C12H19BrN2O/c1-4-15(5-2)8-9-6-10(16-3)7-11(13)12(9)14/h6-7H,4-5,8,14H2,1-3H3. The van der Waals surface area contributed by atoms with Crippen LogP contribution in [0.25, 0.3) is 0 Å². The minimum absolute atomic E-state index is 0.799. The van der Waals surface area contributed by atoms with Crippen LogP contribution in [0.2, 0.25) is 0 Å². The maximum Gasteiger partial charge on any atom is 0.120 e. The largest absolute Gasteiger partial charge is 0.497 e. The second-order valence-electron chi connectivity index (χ2n) is 3.64. The van der Waals surface area contributed by atoms with Gasteiger partial charge in [0.1, 0.15) is 5.75 Å². The Bertz CT molecular complexity index is 351. The Morgan fingerprint density at radius 2 is 1.94 bits per heavy atom. The van der Waals surface area contributed by atoms with Crippen molar-refractivity contribution in [2.45, 2.75) is 20.4 Å². The molecule has 4 heteroatoms. The summed E-state index contributed by atoms with van der Waals surface area (Å²) in [7, 11) is 1.67. The summed E-state index contributed by atoms with van der Waals surface area (Å²) in [5.41, 5.74) is 7.94. The number of nitrogen functional groups attached to an aromatic ring is 1. The summed E-state index contributed by atoms with van der Waals surface area (Å²) in [6.07, 6.45) is 0. The van der Waals surface area contributed by atoms with Crippen LogP contribution in [0.15, 0.2) is 16.6 Å². The van der Waals surface area contributed by atoms with E-state index in [0.717, 1.165) is 41.1 Å². The van der Waals surface area contributed by atoms with Crippen molar-refractivity contribution in [1.29, 1.82) is 0 Å². The molecule has 0 saturated heterocycles. The van der Waals surface area contributed by atoms with Crippen molar-refractivity contribution in [2.75, 3.05) is 25.9 Å². The molecule has 0 aliphatic rings. The molecule has 0 atom stereocenters. The molecule has 2 N–H and O–H groups in total. The number of nitrogens with two attached hydrogens (primary N) is 1. The lowest BCUT2D eigenvalue weighted by atomic mass is 10.1. The van der Waals surface area contributed by atoms with Crippen molar-refractivity contribution in [3.63, 3.8) is 0 Å².